The first-order valence-electron chi connectivity index (χ1n) is 17.6. The lowest BCUT2D eigenvalue weighted by Crippen LogP contribution is -2.38. The molecule has 0 radical (unpaired) electrons. The van der Waals surface area contributed by atoms with E-state index in [-0.39, 0.29) is 23.9 Å². The maximum atomic E-state index is 12.8. The van der Waals surface area contributed by atoms with Gasteiger partial charge in [0.05, 0.1) is 19.1 Å². The highest BCUT2D eigenvalue weighted by Gasteiger charge is 2.35. The lowest BCUT2D eigenvalue weighted by atomic mass is 9.94. The zero-order valence-electron chi connectivity index (χ0n) is 27.2. The van der Waals surface area contributed by atoms with Crippen LogP contribution in [-0.4, -0.2) is 49.2 Å². The number of likely N-dealkylation sites (tertiary alicyclic amines) is 1. The van der Waals surface area contributed by atoms with E-state index in [1.165, 1.54) is 70.6 Å². The second-order valence-corrected chi connectivity index (χ2v) is 12.6. The standard InChI is InChI=1S/C35H67NO4/c1-5-8-11-14-15-20-25-32(24-19-13-10-7-3)34(37)39-27-23-18-16-21-26-36-30-31(4)29-33(36)35(38)40-28-22-17-12-9-6-2/h31-33H,5-30H2,1-4H3. The Morgan fingerprint density at radius 2 is 1.12 bits per heavy atom. The molecule has 1 heterocycles. The molecule has 0 bridgehead atoms. The summed E-state index contributed by atoms with van der Waals surface area (Å²) in [6.07, 6.45) is 25.5. The van der Waals surface area contributed by atoms with Crippen molar-refractivity contribution in [2.24, 2.45) is 11.8 Å². The fourth-order valence-electron chi connectivity index (χ4n) is 6.03. The van der Waals surface area contributed by atoms with Crippen LogP contribution in [-0.2, 0) is 19.1 Å². The average Bonchev–Trinajstić information content (AvgIpc) is 3.33. The Hall–Kier alpha value is -1.10. The fourth-order valence-corrected chi connectivity index (χ4v) is 6.03. The molecule has 0 saturated carbocycles. The van der Waals surface area contributed by atoms with Gasteiger partial charge in [-0.2, -0.15) is 0 Å². The molecule has 3 atom stereocenters. The Morgan fingerprint density at radius 3 is 1.73 bits per heavy atom. The first kappa shape index (κ1) is 36.9. The molecule has 1 fully saturated rings. The lowest BCUT2D eigenvalue weighted by Gasteiger charge is -2.23. The van der Waals surface area contributed by atoms with Gasteiger partial charge < -0.3 is 9.47 Å². The summed E-state index contributed by atoms with van der Waals surface area (Å²) < 4.78 is 11.4. The van der Waals surface area contributed by atoms with Gasteiger partial charge in [-0.25, -0.2) is 0 Å². The van der Waals surface area contributed by atoms with Crippen LogP contribution in [0.25, 0.3) is 0 Å². The van der Waals surface area contributed by atoms with Crippen LogP contribution in [0.2, 0.25) is 0 Å². The zero-order valence-corrected chi connectivity index (χ0v) is 27.2. The Kier molecular flexibility index (Phi) is 23.6. The van der Waals surface area contributed by atoms with Crippen molar-refractivity contribution in [2.75, 3.05) is 26.3 Å². The second-order valence-electron chi connectivity index (χ2n) is 12.6. The van der Waals surface area contributed by atoms with E-state index in [1.54, 1.807) is 0 Å². The molecule has 236 valence electrons. The molecule has 0 amide bonds. The van der Waals surface area contributed by atoms with E-state index in [1.807, 2.05) is 0 Å². The van der Waals surface area contributed by atoms with Gasteiger partial charge in [-0.1, -0.05) is 130 Å². The predicted molar refractivity (Wildman–Crippen MR) is 169 cm³/mol. The van der Waals surface area contributed by atoms with E-state index in [0.29, 0.717) is 19.1 Å². The summed E-state index contributed by atoms with van der Waals surface area (Å²) in [6, 6.07) is -0.0625. The molecule has 0 aromatic carbocycles. The van der Waals surface area contributed by atoms with Crippen molar-refractivity contribution >= 4 is 11.9 Å². The highest BCUT2D eigenvalue weighted by molar-refractivity contribution is 5.76. The molecule has 1 saturated heterocycles. The maximum Gasteiger partial charge on any atom is 0.323 e. The third kappa shape index (κ3) is 18.4. The van der Waals surface area contributed by atoms with Gasteiger partial charge in [0.2, 0.25) is 0 Å². The third-order valence-corrected chi connectivity index (χ3v) is 8.61. The maximum absolute atomic E-state index is 12.8. The Labute approximate surface area is 248 Å². The van der Waals surface area contributed by atoms with Crippen molar-refractivity contribution in [3.8, 4) is 0 Å². The van der Waals surface area contributed by atoms with E-state index < -0.39 is 0 Å². The van der Waals surface area contributed by atoms with Crippen LogP contribution in [0.3, 0.4) is 0 Å². The minimum Gasteiger partial charge on any atom is -0.465 e. The number of hydrogen-bond acceptors (Lipinski definition) is 5. The molecule has 0 aliphatic carbocycles. The number of nitrogens with zero attached hydrogens (tertiary/aromatic N) is 1. The molecular formula is C35H67NO4. The number of carbonyl (C=O) groups is 2. The number of carbonyl (C=O) groups excluding carboxylic acids is 2. The summed E-state index contributed by atoms with van der Waals surface area (Å²) in [5.41, 5.74) is 0. The van der Waals surface area contributed by atoms with Crippen molar-refractivity contribution in [3.63, 3.8) is 0 Å². The summed E-state index contributed by atoms with van der Waals surface area (Å²) in [5, 5.41) is 0. The third-order valence-electron chi connectivity index (χ3n) is 8.61. The minimum absolute atomic E-state index is 0.0167. The van der Waals surface area contributed by atoms with Gasteiger partial charge in [-0.05, 0) is 51.0 Å². The summed E-state index contributed by atoms with van der Waals surface area (Å²) in [4.78, 5) is 27.9. The first-order valence-corrected chi connectivity index (χ1v) is 17.6. The van der Waals surface area contributed by atoms with Crippen LogP contribution in [0.1, 0.15) is 169 Å². The van der Waals surface area contributed by atoms with Crippen LogP contribution in [0.4, 0.5) is 0 Å². The lowest BCUT2D eigenvalue weighted by molar-refractivity contribution is -0.150. The topological polar surface area (TPSA) is 55.8 Å². The summed E-state index contributed by atoms with van der Waals surface area (Å²) >= 11 is 0. The van der Waals surface area contributed by atoms with Crippen molar-refractivity contribution in [3.05, 3.63) is 0 Å². The SMILES string of the molecule is CCCCCCCCC(CCCCCC)C(=O)OCCCCCCN1CC(C)CC1C(=O)OCCCCCCC. The molecule has 3 unspecified atom stereocenters. The number of rotatable bonds is 27. The number of unbranched alkanes of at least 4 members (excludes halogenated alkanes) is 15. The van der Waals surface area contributed by atoms with Crippen LogP contribution >= 0.6 is 0 Å². The van der Waals surface area contributed by atoms with Gasteiger partial charge in [-0.15, -0.1) is 0 Å². The summed E-state index contributed by atoms with van der Waals surface area (Å²) in [6.45, 7) is 12.0. The monoisotopic (exact) mass is 566 g/mol. The van der Waals surface area contributed by atoms with Crippen molar-refractivity contribution in [1.82, 2.24) is 4.90 Å². The zero-order chi connectivity index (χ0) is 29.3. The van der Waals surface area contributed by atoms with Gasteiger partial charge in [0.25, 0.3) is 0 Å². The molecule has 1 rings (SSSR count). The fraction of sp³-hybridized carbons (Fsp3) is 0.943. The molecule has 0 aromatic heterocycles. The number of hydrogen-bond donors (Lipinski definition) is 0. The molecule has 0 aromatic rings. The number of esters is 2. The molecule has 40 heavy (non-hydrogen) atoms. The summed E-state index contributed by atoms with van der Waals surface area (Å²) in [5.74, 6) is 0.667. The molecule has 1 aliphatic rings. The molecular weight excluding hydrogens is 498 g/mol. The summed E-state index contributed by atoms with van der Waals surface area (Å²) in [7, 11) is 0. The Balaban J connectivity index is 2.23. The molecule has 1 aliphatic heterocycles. The largest absolute Gasteiger partial charge is 0.465 e. The highest BCUT2D eigenvalue weighted by Crippen LogP contribution is 2.25. The van der Waals surface area contributed by atoms with Crippen molar-refractivity contribution < 1.29 is 19.1 Å². The van der Waals surface area contributed by atoms with Crippen LogP contribution in [0, 0.1) is 11.8 Å². The van der Waals surface area contributed by atoms with Gasteiger partial charge in [-0.3, -0.25) is 14.5 Å². The van der Waals surface area contributed by atoms with Crippen LogP contribution < -0.4 is 0 Å². The van der Waals surface area contributed by atoms with E-state index >= 15 is 0 Å². The Bertz CT molecular complexity index is 610. The second kappa shape index (κ2) is 25.6. The Morgan fingerprint density at radius 1 is 0.650 bits per heavy atom. The first-order chi connectivity index (χ1) is 19.5. The van der Waals surface area contributed by atoms with Gasteiger partial charge in [0.1, 0.15) is 6.04 Å². The van der Waals surface area contributed by atoms with Crippen LogP contribution in [0.5, 0.6) is 0 Å². The minimum atomic E-state index is -0.0625. The van der Waals surface area contributed by atoms with Gasteiger partial charge in [0.15, 0.2) is 0 Å². The van der Waals surface area contributed by atoms with E-state index in [9.17, 15) is 9.59 Å². The van der Waals surface area contributed by atoms with Gasteiger partial charge >= 0.3 is 11.9 Å². The van der Waals surface area contributed by atoms with Crippen molar-refractivity contribution in [2.45, 2.75) is 175 Å². The van der Waals surface area contributed by atoms with E-state index in [0.717, 1.165) is 83.7 Å². The predicted octanol–water partition coefficient (Wildman–Crippen LogP) is 9.65. The van der Waals surface area contributed by atoms with E-state index in [4.69, 9.17) is 9.47 Å². The highest BCUT2D eigenvalue weighted by atomic mass is 16.5. The molecule has 0 N–H and O–H groups in total. The number of ether oxygens (including phenoxy) is 2. The average molecular weight is 566 g/mol. The van der Waals surface area contributed by atoms with Crippen LogP contribution in [0.15, 0.2) is 0 Å². The quantitative estimate of drug-likeness (QED) is 0.0733. The molecule has 5 heteroatoms. The van der Waals surface area contributed by atoms with Gasteiger partial charge in [0, 0.05) is 6.54 Å². The van der Waals surface area contributed by atoms with Crippen molar-refractivity contribution in [1.29, 1.82) is 0 Å². The molecule has 0 spiro atoms. The van der Waals surface area contributed by atoms with E-state index in [2.05, 4.69) is 32.6 Å². The smallest absolute Gasteiger partial charge is 0.323 e. The molecule has 5 nitrogen and oxygen atoms in total. The normalized spacial score (nSPS) is 18.2.